The van der Waals surface area contributed by atoms with E-state index in [0.717, 1.165) is 6.42 Å². The molecule has 2 fully saturated rings. The molecule has 0 aromatic heterocycles. The third kappa shape index (κ3) is 4.76. The van der Waals surface area contributed by atoms with Crippen LogP contribution in [0, 0.1) is 11.8 Å². The summed E-state index contributed by atoms with van der Waals surface area (Å²) in [4.78, 5) is 14.3. The van der Waals surface area contributed by atoms with Crippen molar-refractivity contribution in [3.8, 4) is 0 Å². The highest BCUT2D eigenvalue weighted by atomic mass is 35.5. The third-order valence-electron chi connectivity index (χ3n) is 5.48. The summed E-state index contributed by atoms with van der Waals surface area (Å²) in [5.74, 6) is 0.586. The van der Waals surface area contributed by atoms with Crippen LogP contribution in [0.4, 0.5) is 10.5 Å². The Morgan fingerprint density at radius 2 is 2.04 bits per heavy atom. The van der Waals surface area contributed by atoms with Crippen molar-refractivity contribution in [1.82, 2.24) is 9.21 Å². The number of sulfonamides is 1. The molecule has 2 heterocycles. The molecule has 0 saturated carbocycles. The molecule has 0 spiro atoms. The zero-order chi connectivity index (χ0) is 19.6. The van der Waals surface area contributed by atoms with Crippen LogP contribution in [0.15, 0.2) is 24.3 Å². The Kier molecular flexibility index (Phi) is 6.33. The molecule has 2 aliphatic heterocycles. The number of nitrogens with zero attached hydrogens (tertiary/aromatic N) is 2. The fourth-order valence-electron chi connectivity index (χ4n) is 3.89. The second-order valence-corrected chi connectivity index (χ2v) is 10.5. The summed E-state index contributed by atoms with van der Waals surface area (Å²) >= 11 is 5.96. The molecule has 0 radical (unpaired) electrons. The fraction of sp³-hybridized carbons (Fsp3) is 0.632. The van der Waals surface area contributed by atoms with E-state index >= 15 is 0 Å². The van der Waals surface area contributed by atoms with Crippen molar-refractivity contribution < 1.29 is 13.2 Å². The van der Waals surface area contributed by atoms with Crippen LogP contribution < -0.4 is 5.32 Å². The Morgan fingerprint density at radius 1 is 1.30 bits per heavy atom. The molecule has 150 valence electrons. The van der Waals surface area contributed by atoms with Crippen LogP contribution >= 0.6 is 11.6 Å². The zero-order valence-electron chi connectivity index (χ0n) is 15.9. The highest BCUT2D eigenvalue weighted by Crippen LogP contribution is 2.34. The molecule has 8 heteroatoms. The summed E-state index contributed by atoms with van der Waals surface area (Å²) in [5.41, 5.74) is 0.643. The number of halogens is 1. The van der Waals surface area contributed by atoms with Crippen LogP contribution in [0.3, 0.4) is 0 Å². The number of likely N-dealkylation sites (tertiary alicyclic amines) is 1. The average Bonchev–Trinajstić information content (AvgIpc) is 2.74. The van der Waals surface area contributed by atoms with E-state index in [9.17, 15) is 13.2 Å². The molecule has 6 nitrogen and oxygen atoms in total. The molecule has 2 atom stereocenters. The fourth-order valence-corrected chi connectivity index (χ4v) is 6.33. The first-order valence-electron chi connectivity index (χ1n) is 9.58. The number of hydrogen-bond donors (Lipinski definition) is 1. The Morgan fingerprint density at radius 3 is 2.74 bits per heavy atom. The zero-order valence-corrected chi connectivity index (χ0v) is 17.5. The van der Waals surface area contributed by atoms with Gasteiger partial charge in [0.1, 0.15) is 0 Å². The number of anilines is 1. The molecule has 3 rings (SSSR count). The maximum absolute atomic E-state index is 12.9. The van der Waals surface area contributed by atoms with Crippen molar-refractivity contribution in [2.24, 2.45) is 11.8 Å². The third-order valence-corrected chi connectivity index (χ3v) is 8.15. The van der Waals surface area contributed by atoms with E-state index in [1.54, 1.807) is 33.5 Å². The van der Waals surface area contributed by atoms with Gasteiger partial charge in [0.2, 0.25) is 10.0 Å². The van der Waals surface area contributed by atoms with E-state index in [2.05, 4.69) is 19.2 Å². The van der Waals surface area contributed by atoms with Crippen LogP contribution in [-0.4, -0.2) is 55.1 Å². The Bertz CT molecular complexity index is 784. The van der Waals surface area contributed by atoms with E-state index < -0.39 is 10.0 Å². The van der Waals surface area contributed by atoms with Gasteiger partial charge in [0, 0.05) is 36.9 Å². The molecular weight excluding hydrogens is 386 g/mol. The number of benzene rings is 1. The summed E-state index contributed by atoms with van der Waals surface area (Å²) in [7, 11) is -3.26. The molecule has 2 saturated heterocycles. The van der Waals surface area contributed by atoms with E-state index in [1.165, 1.54) is 0 Å². The van der Waals surface area contributed by atoms with Gasteiger partial charge in [-0.05, 0) is 49.3 Å². The van der Waals surface area contributed by atoms with Gasteiger partial charge in [-0.2, -0.15) is 0 Å². The van der Waals surface area contributed by atoms with Gasteiger partial charge in [0.05, 0.1) is 5.25 Å². The lowest BCUT2D eigenvalue weighted by Crippen LogP contribution is -2.37. The molecule has 0 unspecified atom stereocenters. The molecule has 0 bridgehead atoms. The number of amides is 2. The van der Waals surface area contributed by atoms with Crippen LogP contribution in [0.25, 0.3) is 0 Å². The maximum atomic E-state index is 12.9. The van der Waals surface area contributed by atoms with Gasteiger partial charge in [-0.25, -0.2) is 17.5 Å². The largest absolute Gasteiger partial charge is 0.324 e. The maximum Gasteiger partial charge on any atom is 0.321 e. The van der Waals surface area contributed by atoms with Crippen molar-refractivity contribution in [1.29, 1.82) is 0 Å². The number of carbonyl (C=O) groups excluding carboxylic acids is 1. The second-order valence-electron chi connectivity index (χ2n) is 7.89. The molecule has 27 heavy (non-hydrogen) atoms. The summed E-state index contributed by atoms with van der Waals surface area (Å²) in [6.07, 6.45) is 2.09. The Hall–Kier alpha value is -1.31. The predicted octanol–water partition coefficient (Wildman–Crippen LogP) is 3.64. The highest BCUT2D eigenvalue weighted by molar-refractivity contribution is 7.90. The van der Waals surface area contributed by atoms with Crippen molar-refractivity contribution in [3.63, 3.8) is 0 Å². The first-order chi connectivity index (χ1) is 12.8. The van der Waals surface area contributed by atoms with Gasteiger partial charge in [-0.15, -0.1) is 0 Å². The lowest BCUT2D eigenvalue weighted by Gasteiger charge is -2.23. The minimum atomic E-state index is -3.26. The van der Waals surface area contributed by atoms with Crippen LogP contribution in [0.2, 0.25) is 5.02 Å². The standard InChI is InChI=1S/C19H28ClN3O3S/c1-14(2)6-11-23-13-15-7-9-22(10-8-18(15)27(23,25)26)19(24)21-17-5-3-4-16(20)12-17/h3-5,12,14-15,18H,6-11,13H2,1-2H3,(H,21,24)/t15-,18-/m1/s1. The van der Waals surface area contributed by atoms with Crippen molar-refractivity contribution in [2.75, 3.05) is 31.5 Å². The molecule has 2 amide bonds. The summed E-state index contributed by atoms with van der Waals surface area (Å²) in [5, 5.41) is 3.04. The molecule has 2 aliphatic rings. The summed E-state index contributed by atoms with van der Waals surface area (Å²) in [6, 6.07) is 6.81. The smallest absolute Gasteiger partial charge is 0.321 e. The van der Waals surface area contributed by atoms with Crippen molar-refractivity contribution in [2.45, 2.75) is 38.4 Å². The van der Waals surface area contributed by atoms with Gasteiger partial charge in [0.15, 0.2) is 0 Å². The van der Waals surface area contributed by atoms with Gasteiger partial charge in [-0.3, -0.25) is 0 Å². The molecule has 1 N–H and O–H groups in total. The Balaban J connectivity index is 1.61. The second kappa shape index (κ2) is 8.37. The van der Waals surface area contributed by atoms with Crippen molar-refractivity contribution in [3.05, 3.63) is 29.3 Å². The molecule has 0 aliphatic carbocycles. The lowest BCUT2D eigenvalue weighted by atomic mass is 10.0. The minimum absolute atomic E-state index is 0.103. The number of nitrogens with one attached hydrogen (secondary N) is 1. The van der Waals surface area contributed by atoms with Crippen molar-refractivity contribution >= 4 is 33.3 Å². The highest BCUT2D eigenvalue weighted by Gasteiger charge is 2.46. The number of fused-ring (bicyclic) bond motifs is 1. The van der Waals surface area contributed by atoms with Gasteiger partial charge < -0.3 is 10.2 Å². The van der Waals surface area contributed by atoms with E-state index in [1.807, 2.05) is 0 Å². The number of rotatable bonds is 4. The monoisotopic (exact) mass is 413 g/mol. The quantitative estimate of drug-likeness (QED) is 0.819. The minimum Gasteiger partial charge on any atom is -0.324 e. The normalized spacial score (nSPS) is 25.3. The van der Waals surface area contributed by atoms with Crippen LogP contribution in [0.1, 0.15) is 33.1 Å². The van der Waals surface area contributed by atoms with E-state index in [4.69, 9.17) is 11.6 Å². The average molecular weight is 414 g/mol. The number of urea groups is 1. The SMILES string of the molecule is CC(C)CCN1C[C@H]2CCN(C(=O)Nc3cccc(Cl)c3)CC[C@H]2S1(=O)=O. The molecule has 1 aromatic rings. The van der Waals surface area contributed by atoms with Crippen LogP contribution in [-0.2, 0) is 10.0 Å². The topological polar surface area (TPSA) is 69.7 Å². The lowest BCUT2D eigenvalue weighted by molar-refractivity contribution is 0.212. The number of hydrogen-bond acceptors (Lipinski definition) is 3. The van der Waals surface area contributed by atoms with E-state index in [0.29, 0.717) is 55.6 Å². The van der Waals surface area contributed by atoms with Gasteiger partial charge in [0.25, 0.3) is 0 Å². The first kappa shape index (κ1) is 20.4. The van der Waals surface area contributed by atoms with Gasteiger partial charge >= 0.3 is 6.03 Å². The first-order valence-corrected chi connectivity index (χ1v) is 11.5. The molecule has 1 aromatic carbocycles. The van der Waals surface area contributed by atoms with Crippen LogP contribution in [0.5, 0.6) is 0 Å². The molecular formula is C19H28ClN3O3S. The van der Waals surface area contributed by atoms with Gasteiger partial charge in [-0.1, -0.05) is 31.5 Å². The summed E-state index contributed by atoms with van der Waals surface area (Å²) < 4.78 is 27.5. The predicted molar refractivity (Wildman–Crippen MR) is 109 cm³/mol. The summed E-state index contributed by atoms with van der Waals surface area (Å²) in [6.45, 7) is 6.43. The number of carbonyl (C=O) groups is 1. The van der Waals surface area contributed by atoms with E-state index in [-0.39, 0.29) is 17.2 Å². The Labute approximate surface area is 166 Å².